The highest BCUT2D eigenvalue weighted by Crippen LogP contribution is 2.29. The van der Waals surface area contributed by atoms with Crippen molar-refractivity contribution >= 4 is 21.6 Å². The van der Waals surface area contributed by atoms with Crippen LogP contribution in [0, 0.1) is 5.82 Å². The first kappa shape index (κ1) is 22.0. The van der Waals surface area contributed by atoms with Crippen LogP contribution in [-0.4, -0.2) is 24.9 Å². The summed E-state index contributed by atoms with van der Waals surface area (Å²) >= 11 is 0. The summed E-state index contributed by atoms with van der Waals surface area (Å²) in [6.45, 7) is 1.73. The van der Waals surface area contributed by atoms with E-state index in [4.69, 9.17) is 0 Å². The number of alkyl halides is 2. The highest BCUT2D eigenvalue weighted by atomic mass is 32.2. The Morgan fingerprint density at radius 2 is 2.04 bits per heavy atom. The van der Waals surface area contributed by atoms with Gasteiger partial charge in [-0.2, -0.15) is 0 Å². The second kappa shape index (κ2) is 7.96. The van der Waals surface area contributed by atoms with Crippen molar-refractivity contribution in [2.45, 2.75) is 44.6 Å². The second-order valence-electron chi connectivity index (χ2n) is 6.48. The number of aromatic nitrogens is 1. The summed E-state index contributed by atoms with van der Waals surface area (Å²) in [4.78, 5) is 12.7. The predicted octanol–water partition coefficient (Wildman–Crippen LogP) is 3.60. The molecule has 0 spiro atoms. The maximum atomic E-state index is 13.4. The second-order valence-corrected chi connectivity index (χ2v) is 8.17. The lowest BCUT2D eigenvalue weighted by atomic mass is 10.1. The first-order valence-corrected chi connectivity index (χ1v) is 9.68. The smallest absolute Gasteiger partial charge is 0.272 e. The molecule has 0 unspecified atom stereocenters. The summed E-state index contributed by atoms with van der Waals surface area (Å²) in [5, 5.41) is 2.44. The van der Waals surface area contributed by atoms with Crippen molar-refractivity contribution in [2.24, 2.45) is 7.05 Å². The zero-order valence-corrected chi connectivity index (χ0v) is 15.4. The number of aryl methyl sites for hydroxylation is 1. The van der Waals surface area contributed by atoms with Crippen molar-refractivity contribution in [2.75, 3.05) is 5.32 Å². The zero-order chi connectivity index (χ0) is 19.9. The summed E-state index contributed by atoms with van der Waals surface area (Å²) < 4.78 is 67.9. The summed E-state index contributed by atoms with van der Waals surface area (Å²) in [7, 11) is -2.23. The molecule has 10 heteroatoms. The Labute approximate surface area is 161 Å². The van der Waals surface area contributed by atoms with E-state index in [1.807, 2.05) is 0 Å². The van der Waals surface area contributed by atoms with Crippen molar-refractivity contribution in [1.82, 2.24) is 9.29 Å². The molecule has 0 saturated carbocycles. The maximum absolute atomic E-state index is 13.4. The lowest BCUT2D eigenvalue weighted by Gasteiger charge is -2.11. The maximum Gasteiger partial charge on any atom is 0.272 e. The van der Waals surface area contributed by atoms with Crippen molar-refractivity contribution in [3.63, 3.8) is 0 Å². The van der Waals surface area contributed by atoms with Crippen LogP contribution < -0.4 is 10.0 Å². The SMILES string of the molecule is C.C[C@H]1CCc2c(cn(C)c2C(=O)Nc2ccc(F)c(C(F)F)c2)S(=O)(=O)N1. The average molecular weight is 417 g/mol. The molecule has 1 aromatic heterocycles. The summed E-state index contributed by atoms with van der Waals surface area (Å²) in [5.74, 6) is -1.72. The number of amides is 1. The molecule has 1 aromatic carbocycles. The fourth-order valence-electron chi connectivity index (χ4n) is 3.15. The van der Waals surface area contributed by atoms with Crippen LogP contribution in [0.3, 0.4) is 0 Å². The van der Waals surface area contributed by atoms with Crippen LogP contribution in [-0.2, 0) is 23.5 Å². The Balaban J connectivity index is 0.00000280. The van der Waals surface area contributed by atoms with E-state index in [9.17, 15) is 26.4 Å². The van der Waals surface area contributed by atoms with E-state index in [2.05, 4.69) is 10.0 Å². The normalized spacial score (nSPS) is 18.1. The number of hydrogen-bond donors (Lipinski definition) is 2. The summed E-state index contributed by atoms with van der Waals surface area (Å²) in [5.41, 5.74) is -0.343. The Morgan fingerprint density at radius 3 is 2.68 bits per heavy atom. The van der Waals surface area contributed by atoms with Crippen molar-refractivity contribution in [1.29, 1.82) is 0 Å². The molecule has 1 amide bonds. The molecule has 28 heavy (non-hydrogen) atoms. The molecule has 2 N–H and O–H groups in total. The van der Waals surface area contributed by atoms with Crippen LogP contribution in [0.25, 0.3) is 0 Å². The van der Waals surface area contributed by atoms with Gasteiger partial charge in [0.2, 0.25) is 10.0 Å². The monoisotopic (exact) mass is 417 g/mol. The van der Waals surface area contributed by atoms with Gasteiger partial charge < -0.3 is 9.88 Å². The van der Waals surface area contributed by atoms with Crippen molar-refractivity contribution in [3.8, 4) is 0 Å². The third-order valence-electron chi connectivity index (χ3n) is 4.42. The Kier molecular flexibility index (Phi) is 6.24. The number of carbonyl (C=O) groups is 1. The van der Waals surface area contributed by atoms with Gasteiger partial charge in [-0.1, -0.05) is 7.43 Å². The molecule has 1 atom stereocenters. The fraction of sp³-hybridized carbons (Fsp3) is 0.389. The largest absolute Gasteiger partial charge is 0.345 e. The lowest BCUT2D eigenvalue weighted by Crippen LogP contribution is -2.30. The number of halogens is 3. The lowest BCUT2D eigenvalue weighted by molar-refractivity contribution is 0.101. The topological polar surface area (TPSA) is 80.2 Å². The van der Waals surface area contributed by atoms with E-state index < -0.39 is 33.7 Å². The Hall–Kier alpha value is -2.33. The zero-order valence-electron chi connectivity index (χ0n) is 14.6. The number of sulfonamides is 1. The highest BCUT2D eigenvalue weighted by molar-refractivity contribution is 7.89. The van der Waals surface area contributed by atoms with E-state index in [0.29, 0.717) is 18.4 Å². The minimum Gasteiger partial charge on any atom is -0.345 e. The van der Waals surface area contributed by atoms with E-state index in [1.54, 1.807) is 6.92 Å². The summed E-state index contributed by atoms with van der Waals surface area (Å²) in [6, 6.07) is 2.59. The third-order valence-corrected chi connectivity index (χ3v) is 6.07. The molecule has 0 aliphatic carbocycles. The van der Waals surface area contributed by atoms with Gasteiger partial charge in [-0.05, 0) is 38.0 Å². The number of nitrogens with one attached hydrogen (secondary N) is 2. The molecule has 0 fully saturated rings. The predicted molar refractivity (Wildman–Crippen MR) is 99.6 cm³/mol. The minimum atomic E-state index is -3.76. The average Bonchev–Trinajstić information content (AvgIpc) is 2.86. The van der Waals surface area contributed by atoms with Crippen LogP contribution in [0.5, 0.6) is 0 Å². The number of hydrogen-bond acceptors (Lipinski definition) is 3. The van der Waals surface area contributed by atoms with Gasteiger partial charge in [-0.3, -0.25) is 4.79 Å². The van der Waals surface area contributed by atoms with Crippen LogP contribution >= 0.6 is 0 Å². The number of carbonyl (C=O) groups excluding carboxylic acids is 1. The quantitative estimate of drug-likeness (QED) is 0.801. The molecular formula is C18H22F3N3O3S. The van der Waals surface area contributed by atoms with E-state index in [0.717, 1.165) is 12.1 Å². The minimum absolute atomic E-state index is 0. The molecule has 2 heterocycles. The summed E-state index contributed by atoms with van der Waals surface area (Å²) in [6.07, 6.45) is -0.814. The Bertz CT molecular complexity index is 1000. The van der Waals surface area contributed by atoms with Crippen molar-refractivity contribution < 1.29 is 26.4 Å². The van der Waals surface area contributed by atoms with E-state index >= 15 is 0 Å². The van der Waals surface area contributed by atoms with Crippen LogP contribution in [0.1, 0.15) is 48.8 Å². The number of anilines is 1. The number of fused-ring (bicyclic) bond motifs is 1. The molecule has 1 aliphatic rings. The first-order chi connectivity index (χ1) is 12.6. The number of rotatable bonds is 3. The van der Waals surface area contributed by atoms with Crippen LogP contribution in [0.15, 0.2) is 29.3 Å². The molecular weight excluding hydrogens is 395 g/mol. The molecule has 0 saturated heterocycles. The van der Waals surface area contributed by atoms with Crippen LogP contribution in [0.4, 0.5) is 18.9 Å². The van der Waals surface area contributed by atoms with Gasteiger partial charge in [0.15, 0.2) is 0 Å². The highest BCUT2D eigenvalue weighted by Gasteiger charge is 2.31. The molecule has 154 valence electrons. The Morgan fingerprint density at radius 1 is 1.36 bits per heavy atom. The first-order valence-electron chi connectivity index (χ1n) is 8.19. The van der Waals surface area contributed by atoms with Crippen molar-refractivity contribution in [3.05, 3.63) is 47.0 Å². The third kappa shape index (κ3) is 4.07. The van der Waals surface area contributed by atoms with Gasteiger partial charge >= 0.3 is 0 Å². The van der Waals surface area contributed by atoms with Gasteiger partial charge in [0.25, 0.3) is 12.3 Å². The molecule has 6 nitrogen and oxygen atoms in total. The van der Waals surface area contributed by atoms with Gasteiger partial charge in [0.05, 0.1) is 5.56 Å². The van der Waals surface area contributed by atoms with E-state index in [-0.39, 0.29) is 29.7 Å². The molecule has 3 rings (SSSR count). The number of nitrogens with zero attached hydrogens (tertiary/aromatic N) is 1. The van der Waals surface area contributed by atoms with Gasteiger partial charge in [0.1, 0.15) is 16.4 Å². The van der Waals surface area contributed by atoms with Crippen LogP contribution in [0.2, 0.25) is 0 Å². The molecule has 0 bridgehead atoms. The number of benzene rings is 1. The standard InChI is InChI=1S/C17H18F3N3O3S.CH4/c1-9-3-5-11-14(27(25,26)22-9)8-23(2)15(11)17(24)21-10-4-6-13(18)12(7-10)16(19)20;/h4,6-9,16,22H,3,5H2,1-2H3,(H,21,24);1H4/t9-;/m0./s1. The molecule has 2 aromatic rings. The van der Waals surface area contributed by atoms with Gasteiger partial charge in [-0.15, -0.1) is 0 Å². The van der Waals surface area contributed by atoms with Gasteiger partial charge in [-0.25, -0.2) is 26.3 Å². The van der Waals surface area contributed by atoms with Gasteiger partial charge in [0, 0.05) is 30.5 Å². The van der Waals surface area contributed by atoms with E-state index in [1.165, 1.54) is 23.9 Å². The molecule has 1 aliphatic heterocycles. The fourth-order valence-corrected chi connectivity index (χ4v) is 4.74. The molecule has 0 radical (unpaired) electrons.